The molecule has 0 bridgehead atoms. The van der Waals surface area contributed by atoms with Gasteiger partial charge in [0.1, 0.15) is 5.75 Å². The smallest absolute Gasteiger partial charge is 0.258 e. The zero-order valence-corrected chi connectivity index (χ0v) is 15.3. The fraction of sp³-hybridized carbons (Fsp3) is 0.611. The highest BCUT2D eigenvalue weighted by Crippen LogP contribution is 2.30. The van der Waals surface area contributed by atoms with E-state index < -0.39 is 0 Å². The Labute approximate surface area is 143 Å². The van der Waals surface area contributed by atoms with Crippen molar-refractivity contribution in [3.63, 3.8) is 0 Å². The van der Waals surface area contributed by atoms with E-state index in [0.717, 1.165) is 17.9 Å². The maximum absolute atomic E-state index is 12.0. The van der Waals surface area contributed by atoms with Crippen LogP contribution in [0.4, 0.5) is 0 Å². The second-order valence-corrected chi connectivity index (χ2v) is 8.13. The maximum Gasteiger partial charge on any atom is 0.258 e. The first-order valence-corrected chi connectivity index (χ1v) is 9.13. The monoisotopic (exact) mass is 337 g/mol. The van der Waals surface area contributed by atoms with Crippen LogP contribution >= 0.6 is 11.8 Å². The molecule has 0 aromatic heterocycles. The molecule has 1 aromatic carbocycles. The molecule has 1 atom stereocenters. The first-order chi connectivity index (χ1) is 10.8. The largest absolute Gasteiger partial charge is 0.484 e. The average Bonchev–Trinajstić information content (AvgIpc) is 3.00. The van der Waals surface area contributed by atoms with Crippen molar-refractivity contribution >= 4 is 17.7 Å². The number of hydrogen-bond acceptors (Lipinski definition) is 4. The summed E-state index contributed by atoms with van der Waals surface area (Å²) in [7, 11) is 1.71. The number of rotatable bonds is 6. The molecule has 5 heteroatoms. The Morgan fingerprint density at radius 3 is 2.52 bits per heavy atom. The lowest BCUT2D eigenvalue weighted by Crippen LogP contribution is -2.45. The van der Waals surface area contributed by atoms with Crippen LogP contribution < -0.4 is 10.1 Å². The van der Waals surface area contributed by atoms with Gasteiger partial charge in [0.2, 0.25) is 0 Å². The van der Waals surface area contributed by atoms with Gasteiger partial charge in [0, 0.05) is 19.4 Å². The molecular formula is C18H27NO3S. The lowest BCUT2D eigenvalue weighted by molar-refractivity contribution is -0.124. The first kappa shape index (κ1) is 18.1. The fourth-order valence-electron chi connectivity index (χ4n) is 2.47. The Morgan fingerprint density at radius 2 is 2.00 bits per heavy atom. The van der Waals surface area contributed by atoms with E-state index in [-0.39, 0.29) is 23.5 Å². The van der Waals surface area contributed by atoms with Gasteiger partial charge in [-0.1, -0.05) is 32.9 Å². The maximum atomic E-state index is 12.0. The van der Waals surface area contributed by atoms with E-state index in [4.69, 9.17) is 9.47 Å². The normalized spacial score (nSPS) is 21.2. The molecule has 4 nitrogen and oxygen atoms in total. The van der Waals surface area contributed by atoms with E-state index >= 15 is 0 Å². The molecule has 1 aliphatic heterocycles. The van der Waals surface area contributed by atoms with Gasteiger partial charge in [-0.05, 0) is 35.3 Å². The summed E-state index contributed by atoms with van der Waals surface area (Å²) in [4.78, 5) is 12.0. The molecule has 1 unspecified atom stereocenters. The van der Waals surface area contributed by atoms with Gasteiger partial charge in [0.25, 0.3) is 5.91 Å². The number of methoxy groups -OCH3 is 1. The van der Waals surface area contributed by atoms with Gasteiger partial charge >= 0.3 is 0 Å². The van der Waals surface area contributed by atoms with Gasteiger partial charge in [-0.3, -0.25) is 4.79 Å². The first-order valence-electron chi connectivity index (χ1n) is 7.98. The van der Waals surface area contributed by atoms with Crippen molar-refractivity contribution in [2.45, 2.75) is 38.2 Å². The third-order valence-corrected chi connectivity index (χ3v) is 5.42. The number of carbonyl (C=O) groups excluding carboxylic acids is 1. The highest BCUT2D eigenvalue weighted by atomic mass is 32.2. The Kier molecular flexibility index (Phi) is 5.98. The summed E-state index contributed by atoms with van der Waals surface area (Å²) < 4.78 is 11.1. The summed E-state index contributed by atoms with van der Waals surface area (Å²) in [6, 6.07) is 7.92. The minimum Gasteiger partial charge on any atom is -0.484 e. The zero-order chi connectivity index (χ0) is 16.9. The summed E-state index contributed by atoms with van der Waals surface area (Å²) in [6.45, 7) is 7.08. The molecule has 1 fully saturated rings. The summed E-state index contributed by atoms with van der Waals surface area (Å²) in [5.41, 5.74) is 1.15. The van der Waals surface area contributed by atoms with Crippen molar-refractivity contribution in [2.75, 3.05) is 31.8 Å². The third-order valence-electron chi connectivity index (χ3n) is 4.20. The molecule has 128 valence electrons. The Bertz CT molecular complexity index is 516. The van der Waals surface area contributed by atoms with Crippen LogP contribution in [-0.2, 0) is 14.9 Å². The van der Waals surface area contributed by atoms with Crippen molar-refractivity contribution in [2.24, 2.45) is 0 Å². The van der Waals surface area contributed by atoms with E-state index in [9.17, 15) is 4.79 Å². The molecule has 1 heterocycles. The lowest BCUT2D eigenvalue weighted by atomic mass is 9.87. The topological polar surface area (TPSA) is 47.6 Å². The fourth-order valence-corrected chi connectivity index (χ4v) is 3.87. The molecule has 1 amide bonds. The minimum absolute atomic E-state index is 0.0296. The van der Waals surface area contributed by atoms with Gasteiger partial charge in [-0.2, -0.15) is 11.8 Å². The molecule has 0 aliphatic carbocycles. The Balaban J connectivity index is 1.78. The zero-order valence-electron chi connectivity index (χ0n) is 14.5. The Hall–Kier alpha value is -1.20. The second-order valence-electron chi connectivity index (χ2n) is 7.03. The van der Waals surface area contributed by atoms with E-state index in [1.165, 1.54) is 5.56 Å². The number of ether oxygens (including phenoxy) is 2. The highest BCUT2D eigenvalue weighted by Gasteiger charge is 2.34. The summed E-state index contributed by atoms with van der Waals surface area (Å²) in [6.07, 6.45) is 0.976. The minimum atomic E-state index is -0.214. The molecule has 0 spiro atoms. The molecule has 1 aromatic rings. The quantitative estimate of drug-likeness (QED) is 0.867. The number of nitrogens with one attached hydrogen (secondary N) is 1. The molecule has 1 aliphatic rings. The van der Waals surface area contributed by atoms with Crippen molar-refractivity contribution in [3.8, 4) is 5.75 Å². The predicted molar refractivity (Wildman–Crippen MR) is 95.3 cm³/mol. The van der Waals surface area contributed by atoms with Crippen LogP contribution in [0.15, 0.2) is 24.3 Å². The molecule has 2 rings (SSSR count). The average molecular weight is 337 g/mol. The van der Waals surface area contributed by atoms with E-state index in [1.807, 2.05) is 36.0 Å². The molecule has 0 saturated carbocycles. The van der Waals surface area contributed by atoms with Crippen LogP contribution in [0.25, 0.3) is 0 Å². The van der Waals surface area contributed by atoms with Crippen molar-refractivity contribution in [1.29, 1.82) is 0 Å². The van der Waals surface area contributed by atoms with Crippen LogP contribution in [0, 0.1) is 0 Å². The predicted octanol–water partition coefficient (Wildman–Crippen LogP) is 3.00. The van der Waals surface area contributed by atoms with Crippen LogP contribution in [0.5, 0.6) is 5.75 Å². The van der Waals surface area contributed by atoms with Gasteiger partial charge in [-0.15, -0.1) is 0 Å². The SMILES string of the molecule is COC1(CNC(=O)COc2ccc(C(C)(C)C)cc2)CCSC1. The van der Waals surface area contributed by atoms with Gasteiger partial charge in [-0.25, -0.2) is 0 Å². The standard InChI is InChI=1S/C18H27NO3S/c1-17(2,3)14-5-7-15(8-6-14)22-11-16(20)19-12-18(21-4)9-10-23-13-18/h5-8H,9-13H2,1-4H3,(H,19,20). The Morgan fingerprint density at radius 1 is 1.30 bits per heavy atom. The summed E-state index contributed by atoms with van der Waals surface area (Å²) in [5, 5.41) is 2.92. The second kappa shape index (κ2) is 7.58. The molecular weight excluding hydrogens is 310 g/mol. The van der Waals surface area contributed by atoms with Crippen LogP contribution in [-0.4, -0.2) is 43.3 Å². The number of amides is 1. The van der Waals surface area contributed by atoms with Gasteiger partial charge in [0.15, 0.2) is 6.61 Å². The number of benzene rings is 1. The number of hydrogen-bond donors (Lipinski definition) is 1. The lowest BCUT2D eigenvalue weighted by Gasteiger charge is -2.26. The van der Waals surface area contributed by atoms with Gasteiger partial charge < -0.3 is 14.8 Å². The van der Waals surface area contributed by atoms with Crippen LogP contribution in [0.1, 0.15) is 32.8 Å². The van der Waals surface area contributed by atoms with Crippen LogP contribution in [0.2, 0.25) is 0 Å². The molecule has 0 radical (unpaired) electrons. The van der Waals surface area contributed by atoms with Crippen molar-refractivity contribution < 1.29 is 14.3 Å². The summed E-state index contributed by atoms with van der Waals surface area (Å²) in [5.74, 6) is 2.61. The van der Waals surface area contributed by atoms with E-state index in [2.05, 4.69) is 26.1 Å². The van der Waals surface area contributed by atoms with Crippen molar-refractivity contribution in [3.05, 3.63) is 29.8 Å². The van der Waals surface area contributed by atoms with E-state index in [1.54, 1.807) is 7.11 Å². The number of thioether (sulfide) groups is 1. The molecule has 23 heavy (non-hydrogen) atoms. The molecule has 1 saturated heterocycles. The van der Waals surface area contributed by atoms with Crippen LogP contribution in [0.3, 0.4) is 0 Å². The summed E-state index contributed by atoms with van der Waals surface area (Å²) >= 11 is 1.86. The van der Waals surface area contributed by atoms with Gasteiger partial charge in [0.05, 0.1) is 5.60 Å². The van der Waals surface area contributed by atoms with E-state index in [0.29, 0.717) is 12.3 Å². The van der Waals surface area contributed by atoms with Crippen molar-refractivity contribution in [1.82, 2.24) is 5.32 Å². The molecule has 1 N–H and O–H groups in total. The number of carbonyl (C=O) groups is 1. The highest BCUT2D eigenvalue weighted by molar-refractivity contribution is 7.99. The third kappa shape index (κ3) is 5.15.